The van der Waals surface area contributed by atoms with Crippen LogP contribution >= 0.6 is 11.8 Å². The van der Waals surface area contributed by atoms with Gasteiger partial charge in [0.2, 0.25) is 5.91 Å². The smallest absolute Gasteiger partial charge is 0.349 e. The van der Waals surface area contributed by atoms with Gasteiger partial charge in [0, 0.05) is 23.9 Å². The SMILES string of the molecule is Cc1c(NC(=O)CSc2ccccc2C(=O)NC2CCCC2c2ccccc2C(F)(F)F)c(=O)n(-c2ccccc2)n1C. The number of carbonyl (C=O) groups is 2. The predicted molar refractivity (Wildman–Crippen MR) is 161 cm³/mol. The zero-order chi connectivity index (χ0) is 30.7. The first-order valence-electron chi connectivity index (χ1n) is 13.9. The Labute approximate surface area is 251 Å². The van der Waals surface area contributed by atoms with Gasteiger partial charge in [-0.05, 0) is 55.7 Å². The number of halogens is 3. The van der Waals surface area contributed by atoms with Gasteiger partial charge in [-0.1, -0.05) is 55.0 Å². The molecule has 1 heterocycles. The number of aromatic nitrogens is 2. The van der Waals surface area contributed by atoms with Gasteiger partial charge in [0.15, 0.2) is 0 Å². The van der Waals surface area contributed by atoms with Crippen molar-refractivity contribution in [2.45, 2.75) is 49.2 Å². The van der Waals surface area contributed by atoms with Crippen LogP contribution in [-0.4, -0.2) is 33.0 Å². The summed E-state index contributed by atoms with van der Waals surface area (Å²) in [5.74, 6) is -1.34. The number of alkyl halides is 3. The summed E-state index contributed by atoms with van der Waals surface area (Å²) in [6, 6.07) is 21.0. The van der Waals surface area contributed by atoms with Crippen molar-refractivity contribution in [2.75, 3.05) is 11.1 Å². The number of nitrogens with one attached hydrogen (secondary N) is 2. The minimum atomic E-state index is -4.48. The molecule has 5 rings (SSSR count). The van der Waals surface area contributed by atoms with Gasteiger partial charge < -0.3 is 10.6 Å². The topological polar surface area (TPSA) is 85.1 Å². The molecule has 43 heavy (non-hydrogen) atoms. The Bertz CT molecular complexity index is 1700. The van der Waals surface area contributed by atoms with Crippen LogP contribution in [0.2, 0.25) is 0 Å². The Hall–Kier alpha value is -4.25. The van der Waals surface area contributed by atoms with Crippen molar-refractivity contribution in [1.29, 1.82) is 0 Å². The number of nitrogens with zero attached hydrogens (tertiary/aromatic N) is 2. The average Bonchev–Trinajstić information content (AvgIpc) is 3.54. The summed E-state index contributed by atoms with van der Waals surface area (Å²) in [7, 11) is 1.74. The number of hydrogen-bond acceptors (Lipinski definition) is 4. The molecule has 3 aromatic carbocycles. The van der Waals surface area contributed by atoms with E-state index < -0.39 is 35.5 Å². The lowest BCUT2D eigenvalue weighted by atomic mass is 9.89. The fraction of sp³-hybridized carbons (Fsp3) is 0.281. The molecule has 1 aliphatic rings. The number of benzene rings is 3. The average molecular weight is 609 g/mol. The number of rotatable bonds is 8. The van der Waals surface area contributed by atoms with Gasteiger partial charge in [-0.2, -0.15) is 13.2 Å². The molecule has 11 heteroatoms. The predicted octanol–water partition coefficient (Wildman–Crippen LogP) is 6.30. The van der Waals surface area contributed by atoms with Crippen LogP contribution in [0.25, 0.3) is 5.69 Å². The van der Waals surface area contributed by atoms with Gasteiger partial charge >= 0.3 is 6.18 Å². The summed E-state index contributed by atoms with van der Waals surface area (Å²) in [6.07, 6.45) is -2.68. The lowest BCUT2D eigenvalue weighted by Gasteiger charge is -2.25. The Kier molecular flexibility index (Phi) is 8.82. The third-order valence-corrected chi connectivity index (χ3v) is 8.88. The summed E-state index contributed by atoms with van der Waals surface area (Å²) < 4.78 is 44.2. The third kappa shape index (κ3) is 6.41. The van der Waals surface area contributed by atoms with Crippen LogP contribution in [0, 0.1) is 6.92 Å². The Balaban J connectivity index is 1.28. The zero-order valence-electron chi connectivity index (χ0n) is 23.6. The van der Waals surface area contributed by atoms with Crippen LogP contribution in [0.1, 0.15) is 52.4 Å². The van der Waals surface area contributed by atoms with E-state index in [1.807, 2.05) is 18.2 Å². The second kappa shape index (κ2) is 12.5. The maximum absolute atomic E-state index is 13.7. The molecule has 1 saturated carbocycles. The molecule has 4 aromatic rings. The summed E-state index contributed by atoms with van der Waals surface area (Å²) in [6.45, 7) is 1.74. The van der Waals surface area contributed by atoms with E-state index >= 15 is 0 Å². The number of amides is 2. The summed E-state index contributed by atoms with van der Waals surface area (Å²) in [4.78, 5) is 40.0. The van der Waals surface area contributed by atoms with E-state index in [4.69, 9.17) is 0 Å². The first-order chi connectivity index (χ1) is 20.6. The molecule has 1 aromatic heterocycles. The molecule has 0 saturated heterocycles. The minimum Gasteiger partial charge on any atom is -0.349 e. The van der Waals surface area contributed by atoms with Crippen molar-refractivity contribution >= 4 is 29.3 Å². The van der Waals surface area contributed by atoms with Crippen LogP contribution in [0.5, 0.6) is 0 Å². The lowest BCUT2D eigenvalue weighted by molar-refractivity contribution is -0.138. The Morgan fingerprint density at radius 1 is 0.953 bits per heavy atom. The molecule has 2 atom stereocenters. The highest BCUT2D eigenvalue weighted by Gasteiger charge is 2.39. The van der Waals surface area contributed by atoms with E-state index in [-0.39, 0.29) is 22.6 Å². The number of para-hydroxylation sites is 1. The highest BCUT2D eigenvalue weighted by molar-refractivity contribution is 8.00. The summed E-state index contributed by atoms with van der Waals surface area (Å²) in [5, 5.41) is 5.68. The Morgan fingerprint density at radius 2 is 1.63 bits per heavy atom. The first-order valence-corrected chi connectivity index (χ1v) is 14.9. The molecule has 0 aliphatic heterocycles. The van der Waals surface area contributed by atoms with E-state index in [1.165, 1.54) is 16.8 Å². The van der Waals surface area contributed by atoms with E-state index in [0.29, 0.717) is 41.1 Å². The van der Waals surface area contributed by atoms with Crippen molar-refractivity contribution in [3.63, 3.8) is 0 Å². The van der Waals surface area contributed by atoms with E-state index in [9.17, 15) is 27.6 Å². The second-order valence-electron chi connectivity index (χ2n) is 10.5. The third-order valence-electron chi connectivity index (χ3n) is 7.81. The van der Waals surface area contributed by atoms with Gasteiger partial charge in [-0.15, -0.1) is 11.8 Å². The minimum absolute atomic E-state index is 0.0611. The number of thioether (sulfide) groups is 1. The van der Waals surface area contributed by atoms with Gasteiger partial charge in [-0.25, -0.2) is 4.68 Å². The van der Waals surface area contributed by atoms with Gasteiger partial charge in [0.05, 0.1) is 28.3 Å². The van der Waals surface area contributed by atoms with Crippen molar-refractivity contribution < 1.29 is 22.8 Å². The quantitative estimate of drug-likeness (QED) is 0.230. The normalized spacial score (nSPS) is 16.7. The molecule has 7 nitrogen and oxygen atoms in total. The zero-order valence-corrected chi connectivity index (χ0v) is 24.5. The second-order valence-corrected chi connectivity index (χ2v) is 11.5. The number of hydrogen-bond donors (Lipinski definition) is 2. The van der Waals surface area contributed by atoms with E-state index in [2.05, 4.69) is 10.6 Å². The largest absolute Gasteiger partial charge is 0.416 e. The van der Waals surface area contributed by atoms with Crippen molar-refractivity contribution in [3.05, 3.63) is 112 Å². The molecule has 1 aliphatic carbocycles. The standard InChI is InChI=1S/C32H31F3N4O3S/c1-20-29(31(42)39(38(20)2)21-11-4-3-5-12-21)37-28(40)19-43-27-18-9-7-14-24(27)30(41)36-26-17-10-15-23(26)22-13-6-8-16-25(22)32(33,34)35/h3-9,11-14,16,18,23,26H,10,15,17,19H2,1-2H3,(H,36,41)(H,37,40). The fourth-order valence-electron chi connectivity index (χ4n) is 5.64. The molecular formula is C32H31F3N4O3S. The van der Waals surface area contributed by atoms with Crippen LogP contribution in [0.4, 0.5) is 18.9 Å². The monoisotopic (exact) mass is 608 g/mol. The van der Waals surface area contributed by atoms with Crippen LogP contribution in [0.3, 0.4) is 0 Å². The molecule has 2 amide bonds. The fourth-order valence-corrected chi connectivity index (χ4v) is 6.49. The van der Waals surface area contributed by atoms with Crippen LogP contribution in [-0.2, 0) is 18.0 Å². The molecule has 224 valence electrons. The maximum atomic E-state index is 13.7. The summed E-state index contributed by atoms with van der Waals surface area (Å²) in [5.41, 5.74) is 0.922. The maximum Gasteiger partial charge on any atom is 0.416 e. The molecule has 2 N–H and O–H groups in total. The number of anilines is 1. The van der Waals surface area contributed by atoms with Gasteiger partial charge in [0.1, 0.15) is 5.69 Å². The summed E-state index contributed by atoms with van der Waals surface area (Å²) >= 11 is 1.15. The van der Waals surface area contributed by atoms with E-state index in [1.54, 1.807) is 61.1 Å². The van der Waals surface area contributed by atoms with Gasteiger partial charge in [-0.3, -0.25) is 19.1 Å². The Morgan fingerprint density at radius 3 is 2.37 bits per heavy atom. The highest BCUT2D eigenvalue weighted by atomic mass is 32.2. The first kappa shape index (κ1) is 30.2. The number of carbonyl (C=O) groups excluding carboxylic acids is 2. The molecule has 2 unspecified atom stereocenters. The molecule has 0 radical (unpaired) electrons. The molecule has 0 spiro atoms. The van der Waals surface area contributed by atoms with E-state index in [0.717, 1.165) is 17.8 Å². The highest BCUT2D eigenvalue weighted by Crippen LogP contribution is 2.41. The molecule has 1 fully saturated rings. The van der Waals surface area contributed by atoms with Crippen molar-refractivity contribution in [1.82, 2.24) is 14.7 Å². The molecular weight excluding hydrogens is 577 g/mol. The lowest BCUT2D eigenvalue weighted by Crippen LogP contribution is -2.37. The van der Waals surface area contributed by atoms with Crippen molar-refractivity contribution in [3.8, 4) is 5.69 Å². The van der Waals surface area contributed by atoms with Crippen molar-refractivity contribution in [2.24, 2.45) is 7.05 Å². The molecule has 0 bridgehead atoms. The van der Waals surface area contributed by atoms with Crippen LogP contribution < -0.4 is 16.2 Å². The van der Waals surface area contributed by atoms with Crippen LogP contribution in [0.15, 0.2) is 88.6 Å². The van der Waals surface area contributed by atoms with Gasteiger partial charge in [0.25, 0.3) is 11.5 Å².